The van der Waals surface area contributed by atoms with Gasteiger partial charge in [0.2, 0.25) is 0 Å². The van der Waals surface area contributed by atoms with Gasteiger partial charge in [-0.2, -0.15) is 0 Å². The number of carbonyl (C=O) groups is 1. The molecule has 3 rings (SSSR count). The number of hydrogen-bond acceptors (Lipinski definition) is 4. The zero-order valence-corrected chi connectivity index (χ0v) is 15.6. The van der Waals surface area contributed by atoms with Crippen LogP contribution < -0.4 is 10.1 Å². The van der Waals surface area contributed by atoms with Crippen LogP contribution >= 0.6 is 0 Å². The smallest absolute Gasteiger partial charge is 0.259 e. The van der Waals surface area contributed by atoms with Crippen LogP contribution in [0.15, 0.2) is 73.1 Å². The van der Waals surface area contributed by atoms with Gasteiger partial charge in [0.15, 0.2) is 0 Å². The lowest BCUT2D eigenvalue weighted by Crippen LogP contribution is -2.14. The zero-order chi connectivity index (χ0) is 19.5. The quantitative estimate of drug-likeness (QED) is 0.679. The lowest BCUT2D eigenvalue weighted by atomic mass is 10.1. The summed E-state index contributed by atoms with van der Waals surface area (Å²) in [6.07, 6.45) is 3.20. The summed E-state index contributed by atoms with van der Waals surface area (Å²) in [6.45, 7) is 4.21. The van der Waals surface area contributed by atoms with Gasteiger partial charge in [-0.05, 0) is 35.4 Å². The van der Waals surface area contributed by atoms with Gasteiger partial charge in [0.25, 0.3) is 5.91 Å². The lowest BCUT2D eigenvalue weighted by molar-refractivity contribution is 0.102. The van der Waals surface area contributed by atoms with E-state index in [0.717, 1.165) is 5.56 Å². The predicted octanol–water partition coefficient (Wildman–Crippen LogP) is 4.43. The number of aliphatic hydroxyl groups is 1. The third kappa shape index (κ3) is 5.94. The topological polar surface area (TPSA) is 71.5 Å². The van der Waals surface area contributed by atoms with Crippen LogP contribution in [0.4, 0.5) is 5.69 Å². The molecule has 0 spiro atoms. The molecule has 140 valence electrons. The number of nitrogens with one attached hydrogen (secondary N) is 1. The molecule has 5 heteroatoms. The van der Waals surface area contributed by atoms with E-state index in [1.165, 1.54) is 0 Å². The minimum absolute atomic E-state index is 0.147. The second kappa shape index (κ2) is 10.7. The number of carbonyl (C=O) groups excluding carboxylic acids is 1. The molecule has 0 aliphatic heterocycles. The van der Waals surface area contributed by atoms with Gasteiger partial charge in [0, 0.05) is 6.20 Å². The number of pyridine rings is 1. The van der Waals surface area contributed by atoms with Crippen molar-refractivity contribution in [2.24, 2.45) is 0 Å². The molecule has 0 fully saturated rings. The third-order valence-electron chi connectivity index (χ3n) is 3.63. The van der Waals surface area contributed by atoms with Crippen LogP contribution in [0.5, 0.6) is 5.75 Å². The van der Waals surface area contributed by atoms with E-state index in [1.807, 2.05) is 44.2 Å². The minimum atomic E-state index is -0.314. The van der Waals surface area contributed by atoms with Gasteiger partial charge < -0.3 is 15.2 Å². The van der Waals surface area contributed by atoms with Crippen LogP contribution in [0.1, 0.15) is 35.3 Å². The molecule has 27 heavy (non-hydrogen) atoms. The number of rotatable bonds is 6. The number of hydrogen-bond donors (Lipinski definition) is 2. The molecule has 2 N–H and O–H groups in total. The van der Waals surface area contributed by atoms with Gasteiger partial charge in [-0.25, -0.2) is 0 Å². The highest BCUT2D eigenvalue weighted by atomic mass is 16.5. The van der Waals surface area contributed by atoms with Crippen molar-refractivity contribution in [1.82, 2.24) is 4.98 Å². The molecule has 1 aromatic heterocycles. The van der Waals surface area contributed by atoms with Gasteiger partial charge in [-0.3, -0.25) is 9.78 Å². The molecule has 0 aliphatic rings. The molecule has 5 nitrogen and oxygen atoms in total. The average molecular weight is 364 g/mol. The highest BCUT2D eigenvalue weighted by Crippen LogP contribution is 2.23. The van der Waals surface area contributed by atoms with Crippen molar-refractivity contribution in [2.75, 3.05) is 5.32 Å². The largest absolute Gasteiger partial charge is 0.488 e. The van der Waals surface area contributed by atoms with Crippen molar-refractivity contribution in [1.29, 1.82) is 0 Å². The van der Waals surface area contributed by atoms with Crippen molar-refractivity contribution in [3.8, 4) is 5.75 Å². The van der Waals surface area contributed by atoms with E-state index in [4.69, 9.17) is 4.74 Å². The molecule has 0 atom stereocenters. The highest BCUT2D eigenvalue weighted by molar-refractivity contribution is 6.06. The first-order valence-corrected chi connectivity index (χ1v) is 8.88. The summed E-state index contributed by atoms with van der Waals surface area (Å²) >= 11 is 0. The second-order valence-electron chi connectivity index (χ2n) is 5.46. The number of benzene rings is 2. The van der Waals surface area contributed by atoms with Gasteiger partial charge in [0.05, 0.1) is 24.1 Å². The number of amides is 1. The van der Waals surface area contributed by atoms with Gasteiger partial charge >= 0.3 is 0 Å². The van der Waals surface area contributed by atoms with E-state index >= 15 is 0 Å². The Kier molecular flexibility index (Phi) is 8.00. The summed E-state index contributed by atoms with van der Waals surface area (Å²) < 4.78 is 5.82. The minimum Gasteiger partial charge on any atom is -0.488 e. The summed E-state index contributed by atoms with van der Waals surface area (Å²) in [7, 11) is 0. The van der Waals surface area contributed by atoms with Crippen molar-refractivity contribution in [3.05, 3.63) is 89.7 Å². The number of anilines is 1. The Hall–Kier alpha value is -3.18. The number of ether oxygens (including phenoxy) is 1. The van der Waals surface area contributed by atoms with Crippen LogP contribution in [-0.2, 0) is 13.2 Å². The molecular weight excluding hydrogens is 340 g/mol. The Morgan fingerprint density at radius 1 is 1.04 bits per heavy atom. The van der Waals surface area contributed by atoms with Crippen molar-refractivity contribution in [3.63, 3.8) is 0 Å². The molecule has 0 saturated carbocycles. The Labute approximate surface area is 159 Å². The fraction of sp³-hybridized carbons (Fsp3) is 0.182. The number of nitrogens with zero attached hydrogens (tertiary/aromatic N) is 1. The Morgan fingerprint density at radius 3 is 2.48 bits per heavy atom. The van der Waals surface area contributed by atoms with Crippen LogP contribution in [-0.4, -0.2) is 16.0 Å². The first-order chi connectivity index (χ1) is 13.3. The van der Waals surface area contributed by atoms with Gasteiger partial charge in [-0.15, -0.1) is 0 Å². The fourth-order valence-electron chi connectivity index (χ4n) is 2.35. The Balaban J connectivity index is 0.00000126. The van der Waals surface area contributed by atoms with Crippen molar-refractivity contribution < 1.29 is 14.6 Å². The summed E-state index contributed by atoms with van der Waals surface area (Å²) in [5, 5.41) is 12.1. The van der Waals surface area contributed by atoms with Crippen LogP contribution in [0.2, 0.25) is 0 Å². The zero-order valence-electron chi connectivity index (χ0n) is 15.6. The highest BCUT2D eigenvalue weighted by Gasteiger charge is 2.14. The van der Waals surface area contributed by atoms with Gasteiger partial charge in [0.1, 0.15) is 12.4 Å². The Morgan fingerprint density at radius 2 is 1.81 bits per heavy atom. The average Bonchev–Trinajstić information content (AvgIpc) is 2.75. The molecule has 3 aromatic rings. The fourth-order valence-corrected chi connectivity index (χ4v) is 2.35. The predicted molar refractivity (Wildman–Crippen MR) is 107 cm³/mol. The number of aromatic nitrogens is 1. The van der Waals surface area contributed by atoms with Crippen LogP contribution in [0, 0.1) is 0 Å². The summed E-state index contributed by atoms with van der Waals surface area (Å²) in [5.74, 6) is 0.147. The van der Waals surface area contributed by atoms with Crippen LogP contribution in [0.3, 0.4) is 0 Å². The monoisotopic (exact) mass is 364 g/mol. The SMILES string of the molecule is CC.O=C(Nc1cccnc1)c1cc(CO)ccc1OCc1ccccc1. The second-order valence-corrected chi connectivity index (χ2v) is 5.46. The molecular formula is C22H24N2O3. The lowest BCUT2D eigenvalue weighted by Gasteiger charge is -2.13. The molecule has 1 heterocycles. The first kappa shape index (κ1) is 20.1. The van der Waals surface area contributed by atoms with E-state index in [2.05, 4.69) is 10.3 Å². The molecule has 0 bridgehead atoms. The summed E-state index contributed by atoms with van der Waals surface area (Å²) in [4.78, 5) is 16.6. The number of aliphatic hydroxyl groups excluding tert-OH is 1. The van der Waals surface area contributed by atoms with E-state index in [1.54, 1.807) is 42.7 Å². The van der Waals surface area contributed by atoms with Crippen molar-refractivity contribution in [2.45, 2.75) is 27.1 Å². The first-order valence-electron chi connectivity index (χ1n) is 8.88. The van der Waals surface area contributed by atoms with Gasteiger partial charge in [-0.1, -0.05) is 50.2 Å². The summed E-state index contributed by atoms with van der Waals surface area (Å²) in [5.41, 5.74) is 2.61. The van der Waals surface area contributed by atoms with E-state index in [0.29, 0.717) is 29.2 Å². The third-order valence-corrected chi connectivity index (χ3v) is 3.63. The normalized spacial score (nSPS) is 9.74. The molecule has 0 aliphatic carbocycles. The van der Waals surface area contributed by atoms with Crippen molar-refractivity contribution >= 4 is 11.6 Å². The van der Waals surface area contributed by atoms with E-state index < -0.39 is 0 Å². The molecule has 0 saturated heterocycles. The maximum Gasteiger partial charge on any atom is 0.259 e. The Bertz CT molecular complexity index is 837. The molecule has 0 unspecified atom stereocenters. The maximum absolute atomic E-state index is 12.6. The summed E-state index contributed by atoms with van der Waals surface area (Å²) in [6, 6.07) is 18.3. The molecule has 1 amide bonds. The van der Waals surface area contributed by atoms with E-state index in [9.17, 15) is 9.90 Å². The standard InChI is InChI=1S/C20H18N2O3.C2H6/c23-13-16-8-9-19(25-14-15-5-2-1-3-6-15)18(11-16)20(24)22-17-7-4-10-21-12-17;1-2/h1-12,23H,13-14H2,(H,22,24);1-2H3. The maximum atomic E-state index is 12.6. The van der Waals surface area contributed by atoms with E-state index in [-0.39, 0.29) is 12.5 Å². The molecule has 2 aromatic carbocycles. The molecule has 0 radical (unpaired) electrons. The van der Waals surface area contributed by atoms with Crippen LogP contribution in [0.25, 0.3) is 0 Å².